The molecule has 0 aliphatic carbocycles. The third kappa shape index (κ3) is 4.86. The molecule has 0 amide bonds. The van der Waals surface area contributed by atoms with Gasteiger partial charge in [-0.1, -0.05) is 27.7 Å². The third-order valence-electron chi connectivity index (χ3n) is 3.73. The van der Waals surface area contributed by atoms with E-state index in [-0.39, 0.29) is 0 Å². The van der Waals surface area contributed by atoms with E-state index in [1.807, 2.05) is 0 Å². The Hall–Kier alpha value is -0.740. The van der Waals surface area contributed by atoms with Crippen LogP contribution in [-0.2, 0) is 0 Å². The summed E-state index contributed by atoms with van der Waals surface area (Å²) in [6, 6.07) is 0. The summed E-state index contributed by atoms with van der Waals surface area (Å²) in [7, 11) is 0. The largest absolute Gasteiger partial charge is 0.357 e. The number of hydrogen-bond donors (Lipinski definition) is 0. The summed E-state index contributed by atoms with van der Waals surface area (Å²) >= 11 is 0. The Morgan fingerprint density at radius 1 is 0.833 bits per heavy atom. The van der Waals surface area contributed by atoms with Gasteiger partial charge in [0, 0.05) is 25.5 Å². The minimum atomic E-state index is 1.04. The summed E-state index contributed by atoms with van der Waals surface area (Å²) in [4.78, 5) is 9.70. The molecule has 4 nitrogen and oxygen atoms in total. The fourth-order valence-corrected chi connectivity index (χ4v) is 2.24. The van der Waals surface area contributed by atoms with Gasteiger partial charge in [-0.3, -0.25) is 4.90 Å². The van der Waals surface area contributed by atoms with Crippen molar-refractivity contribution in [3.8, 4) is 0 Å². The first-order valence-electron chi connectivity index (χ1n) is 7.34. The highest BCUT2D eigenvalue weighted by Gasteiger charge is 2.14. The first kappa shape index (κ1) is 15.3. The lowest BCUT2D eigenvalue weighted by atomic mass is 10.4. The van der Waals surface area contributed by atoms with Gasteiger partial charge in [0.05, 0.1) is 13.3 Å². The Labute approximate surface area is 113 Å². The topological polar surface area (TPSA) is 13.0 Å². The lowest BCUT2D eigenvalue weighted by Crippen LogP contribution is -2.38. The summed E-state index contributed by atoms with van der Waals surface area (Å²) in [6.07, 6.45) is 4.45. The van der Waals surface area contributed by atoms with Crippen molar-refractivity contribution in [2.24, 2.45) is 0 Å². The molecule has 0 aromatic rings. The van der Waals surface area contributed by atoms with E-state index >= 15 is 0 Å². The van der Waals surface area contributed by atoms with E-state index in [4.69, 9.17) is 0 Å². The Morgan fingerprint density at radius 3 is 1.94 bits per heavy atom. The average Bonchev–Trinajstić information content (AvgIpc) is 2.85. The molecular weight excluding hydrogens is 224 g/mol. The molecule has 0 N–H and O–H groups in total. The fourth-order valence-electron chi connectivity index (χ4n) is 2.24. The van der Waals surface area contributed by atoms with Gasteiger partial charge >= 0.3 is 0 Å². The summed E-state index contributed by atoms with van der Waals surface area (Å²) in [5.74, 6) is 0. The zero-order chi connectivity index (χ0) is 13.4. The molecule has 106 valence electrons. The van der Waals surface area contributed by atoms with E-state index in [9.17, 15) is 0 Å². The molecule has 1 heterocycles. The zero-order valence-electron chi connectivity index (χ0n) is 12.6. The molecule has 0 aromatic heterocycles. The fraction of sp³-hybridized carbons (Fsp3) is 0.857. The van der Waals surface area contributed by atoms with Crippen LogP contribution in [0.5, 0.6) is 0 Å². The molecule has 0 aromatic carbocycles. The Bertz CT molecular complexity index is 234. The highest BCUT2D eigenvalue weighted by molar-refractivity contribution is 4.90. The van der Waals surface area contributed by atoms with Crippen molar-refractivity contribution in [1.29, 1.82) is 0 Å². The summed E-state index contributed by atoms with van der Waals surface area (Å²) in [5.41, 5.74) is 0. The molecule has 0 unspecified atom stereocenters. The first-order chi connectivity index (χ1) is 8.73. The van der Waals surface area contributed by atoms with Crippen LogP contribution < -0.4 is 0 Å². The van der Waals surface area contributed by atoms with Crippen LogP contribution in [0.2, 0.25) is 0 Å². The summed E-state index contributed by atoms with van der Waals surface area (Å²) < 4.78 is 0. The number of rotatable bonds is 9. The van der Waals surface area contributed by atoms with Crippen molar-refractivity contribution >= 4 is 0 Å². The quantitative estimate of drug-likeness (QED) is 0.620. The van der Waals surface area contributed by atoms with Crippen LogP contribution in [0.1, 0.15) is 27.7 Å². The van der Waals surface area contributed by atoms with Crippen molar-refractivity contribution in [1.82, 2.24) is 19.6 Å². The molecule has 0 atom stereocenters. The molecule has 4 heteroatoms. The minimum absolute atomic E-state index is 1.04. The van der Waals surface area contributed by atoms with Gasteiger partial charge in [0.15, 0.2) is 0 Å². The Kier molecular flexibility index (Phi) is 7.13. The van der Waals surface area contributed by atoms with E-state index in [1.54, 1.807) is 0 Å². The number of nitrogens with zero attached hydrogens (tertiary/aromatic N) is 4. The Morgan fingerprint density at radius 2 is 1.39 bits per heavy atom. The van der Waals surface area contributed by atoms with Crippen LogP contribution in [0, 0.1) is 0 Å². The van der Waals surface area contributed by atoms with Gasteiger partial charge < -0.3 is 14.7 Å². The van der Waals surface area contributed by atoms with E-state index in [2.05, 4.69) is 59.7 Å². The van der Waals surface area contributed by atoms with Gasteiger partial charge in [-0.15, -0.1) is 0 Å². The molecule has 1 aliphatic heterocycles. The summed E-state index contributed by atoms with van der Waals surface area (Å²) in [6.45, 7) is 17.8. The predicted octanol–water partition coefficient (Wildman–Crippen LogP) is 1.67. The van der Waals surface area contributed by atoms with Crippen LogP contribution in [0.3, 0.4) is 0 Å². The van der Waals surface area contributed by atoms with Crippen LogP contribution >= 0.6 is 0 Å². The predicted molar refractivity (Wildman–Crippen MR) is 78.1 cm³/mol. The van der Waals surface area contributed by atoms with Crippen LogP contribution in [-0.4, -0.2) is 72.2 Å². The molecule has 18 heavy (non-hydrogen) atoms. The van der Waals surface area contributed by atoms with Gasteiger partial charge in [0.2, 0.25) is 0 Å². The standard InChI is InChI=1S/C14H30N4/c1-5-15(6-2)9-10-17-11-12-18(14-17)13-16(7-3)8-4/h11-12H,5-10,13-14H2,1-4H3. The maximum absolute atomic E-state index is 2.47. The molecule has 0 fully saturated rings. The van der Waals surface area contributed by atoms with E-state index in [0.29, 0.717) is 0 Å². The van der Waals surface area contributed by atoms with Crippen molar-refractivity contribution in [2.75, 3.05) is 52.6 Å². The second-order valence-corrected chi connectivity index (χ2v) is 4.81. The molecule has 1 rings (SSSR count). The maximum Gasteiger partial charge on any atom is 0.0906 e. The Balaban J connectivity index is 2.23. The average molecular weight is 254 g/mol. The van der Waals surface area contributed by atoms with Gasteiger partial charge in [-0.25, -0.2) is 0 Å². The van der Waals surface area contributed by atoms with Crippen LogP contribution in [0.15, 0.2) is 12.4 Å². The second-order valence-electron chi connectivity index (χ2n) is 4.81. The van der Waals surface area contributed by atoms with Crippen molar-refractivity contribution in [3.63, 3.8) is 0 Å². The van der Waals surface area contributed by atoms with Crippen molar-refractivity contribution < 1.29 is 0 Å². The van der Waals surface area contributed by atoms with E-state index in [1.165, 1.54) is 0 Å². The van der Waals surface area contributed by atoms with E-state index < -0.39 is 0 Å². The second kappa shape index (κ2) is 8.38. The van der Waals surface area contributed by atoms with Gasteiger partial charge in [-0.05, 0) is 26.2 Å². The molecule has 0 radical (unpaired) electrons. The van der Waals surface area contributed by atoms with Crippen LogP contribution in [0.25, 0.3) is 0 Å². The number of likely N-dealkylation sites (N-methyl/N-ethyl adjacent to an activating group) is 1. The molecule has 1 aliphatic rings. The lowest BCUT2D eigenvalue weighted by molar-refractivity contribution is 0.151. The van der Waals surface area contributed by atoms with E-state index in [0.717, 1.165) is 52.6 Å². The maximum atomic E-state index is 2.47. The summed E-state index contributed by atoms with van der Waals surface area (Å²) in [5, 5.41) is 0. The molecular formula is C14H30N4. The van der Waals surface area contributed by atoms with Crippen molar-refractivity contribution in [3.05, 3.63) is 12.4 Å². The molecule has 0 bridgehead atoms. The normalized spacial score (nSPS) is 15.4. The molecule has 0 saturated heterocycles. The van der Waals surface area contributed by atoms with Gasteiger partial charge in [-0.2, -0.15) is 0 Å². The highest BCUT2D eigenvalue weighted by atomic mass is 15.4. The monoisotopic (exact) mass is 254 g/mol. The van der Waals surface area contributed by atoms with Crippen molar-refractivity contribution in [2.45, 2.75) is 27.7 Å². The molecule has 0 saturated carbocycles. The lowest BCUT2D eigenvalue weighted by Gasteiger charge is -2.28. The third-order valence-corrected chi connectivity index (χ3v) is 3.73. The first-order valence-corrected chi connectivity index (χ1v) is 7.34. The molecule has 0 spiro atoms. The van der Waals surface area contributed by atoms with Gasteiger partial charge in [0.1, 0.15) is 0 Å². The highest BCUT2D eigenvalue weighted by Crippen LogP contribution is 2.07. The van der Waals surface area contributed by atoms with Gasteiger partial charge in [0.25, 0.3) is 0 Å². The smallest absolute Gasteiger partial charge is 0.0906 e. The minimum Gasteiger partial charge on any atom is -0.357 e. The number of hydrogen-bond acceptors (Lipinski definition) is 4. The SMILES string of the molecule is CCN(CC)CCN1C=CN(CN(CC)CC)C1. The van der Waals surface area contributed by atoms with Crippen LogP contribution in [0.4, 0.5) is 0 Å². The zero-order valence-corrected chi connectivity index (χ0v) is 12.6.